The van der Waals surface area contributed by atoms with Gasteiger partial charge in [-0.2, -0.15) is 0 Å². The van der Waals surface area contributed by atoms with Gasteiger partial charge in [-0.1, -0.05) is 18.2 Å². The molecule has 80 valence electrons. The van der Waals surface area contributed by atoms with Crippen LogP contribution in [-0.4, -0.2) is 22.0 Å². The summed E-state index contributed by atoms with van der Waals surface area (Å²) in [4.78, 5) is 0. The van der Waals surface area contributed by atoms with Gasteiger partial charge in [0, 0.05) is 5.82 Å². The third-order valence-corrected chi connectivity index (χ3v) is 2.81. The minimum absolute atomic E-state index is 0.270. The van der Waals surface area contributed by atoms with Crippen molar-refractivity contribution in [1.82, 2.24) is 0 Å². The van der Waals surface area contributed by atoms with Crippen molar-refractivity contribution in [2.75, 3.05) is 7.11 Å². The van der Waals surface area contributed by atoms with Gasteiger partial charge < -0.3 is 9.15 Å². The molecule has 0 spiro atoms. The largest absolute Gasteiger partial charge is 0.496 e. The number of benzene rings is 1. The molecule has 1 unspecified atom stereocenters. The summed E-state index contributed by atoms with van der Waals surface area (Å²) in [6.07, 6.45) is 1.72. The van der Waals surface area contributed by atoms with Gasteiger partial charge in [-0.15, -0.1) is 0 Å². The van der Waals surface area contributed by atoms with Crippen molar-refractivity contribution in [3.63, 3.8) is 0 Å². The van der Waals surface area contributed by atoms with Crippen LogP contribution < -0.4 is 4.74 Å². The Morgan fingerprint density at radius 1 is 1.25 bits per heavy atom. The van der Waals surface area contributed by atoms with E-state index in [4.69, 9.17) is 9.15 Å². The molecule has 0 amide bonds. The molecule has 0 bridgehead atoms. The van der Waals surface area contributed by atoms with Crippen LogP contribution in [0.2, 0.25) is 0 Å². The first kappa shape index (κ1) is 10.9. The normalized spacial score (nSPS) is 12.1. The fourth-order valence-electron chi connectivity index (χ4n) is 2.02. The maximum atomic E-state index is 5.48. The number of methoxy groups -OCH3 is 1. The van der Waals surface area contributed by atoms with Crippen LogP contribution in [0.4, 0.5) is 0 Å². The standard InChI is InChI=1S/C12H14B2O2/c1-15-10-6-3-2-5-9(10)12(14-13)11-7-4-8-16-11/h2-8,12,14H,13H2,1H3. The SMILES string of the molecule is BBC(c1ccco1)c1ccccc1OC. The van der Waals surface area contributed by atoms with Crippen molar-refractivity contribution in [1.29, 1.82) is 0 Å². The number of hydrogen-bond acceptors (Lipinski definition) is 2. The van der Waals surface area contributed by atoms with Gasteiger partial charge in [-0.25, -0.2) is 0 Å². The van der Waals surface area contributed by atoms with Crippen LogP contribution in [0.15, 0.2) is 47.1 Å². The first-order chi connectivity index (χ1) is 7.86. The van der Waals surface area contributed by atoms with E-state index in [0.29, 0.717) is 0 Å². The summed E-state index contributed by atoms with van der Waals surface area (Å²) in [5.41, 5.74) is 1.18. The van der Waals surface area contributed by atoms with E-state index in [2.05, 4.69) is 13.8 Å². The van der Waals surface area contributed by atoms with E-state index < -0.39 is 0 Å². The Hall–Kier alpha value is -1.57. The highest BCUT2D eigenvalue weighted by molar-refractivity contribution is 6.90. The molecule has 0 N–H and O–H groups in total. The lowest BCUT2D eigenvalue weighted by atomic mass is 9.45. The quantitative estimate of drug-likeness (QED) is 0.713. The van der Waals surface area contributed by atoms with Crippen molar-refractivity contribution in [3.05, 3.63) is 54.0 Å². The van der Waals surface area contributed by atoms with Gasteiger partial charge >= 0.3 is 0 Å². The second-order valence-electron chi connectivity index (χ2n) is 3.72. The Morgan fingerprint density at radius 2 is 2.06 bits per heavy atom. The Labute approximate surface area is 97.2 Å². The molecule has 0 fully saturated rings. The van der Waals surface area contributed by atoms with Gasteiger partial charge in [0.1, 0.15) is 18.7 Å². The molecule has 2 nitrogen and oxygen atoms in total. The average Bonchev–Trinajstić information content (AvgIpc) is 2.84. The highest BCUT2D eigenvalue weighted by Crippen LogP contribution is 2.30. The number of ether oxygens (including phenoxy) is 1. The second-order valence-corrected chi connectivity index (χ2v) is 3.72. The van der Waals surface area contributed by atoms with Crippen LogP contribution >= 0.6 is 0 Å². The Balaban J connectivity index is 2.41. The predicted molar refractivity (Wildman–Crippen MR) is 69.2 cm³/mol. The minimum Gasteiger partial charge on any atom is -0.496 e. The average molecular weight is 212 g/mol. The molecule has 0 aliphatic heterocycles. The lowest BCUT2D eigenvalue weighted by Crippen LogP contribution is -2.10. The predicted octanol–water partition coefficient (Wildman–Crippen LogP) is 1.36. The first-order valence-corrected chi connectivity index (χ1v) is 5.53. The van der Waals surface area contributed by atoms with Gasteiger partial charge in [-0.05, 0) is 23.8 Å². The zero-order valence-electron chi connectivity index (χ0n) is 9.64. The molecule has 1 atom stereocenters. The van der Waals surface area contributed by atoms with Crippen LogP contribution in [-0.2, 0) is 0 Å². The summed E-state index contributed by atoms with van der Waals surface area (Å²) >= 11 is 0. The summed E-state index contributed by atoms with van der Waals surface area (Å²) in [5, 5.41) is 0. The highest BCUT2D eigenvalue weighted by atomic mass is 16.5. The van der Waals surface area contributed by atoms with Gasteiger partial charge in [-0.3, -0.25) is 0 Å². The molecule has 2 rings (SSSR count). The molecule has 16 heavy (non-hydrogen) atoms. The van der Waals surface area contributed by atoms with E-state index in [1.807, 2.05) is 30.3 Å². The van der Waals surface area contributed by atoms with Gasteiger partial charge in [0.05, 0.1) is 21.1 Å². The molecule has 1 heterocycles. The summed E-state index contributed by atoms with van der Waals surface area (Å²) in [7, 11) is 4.85. The Bertz CT molecular complexity index is 440. The summed E-state index contributed by atoms with van der Waals surface area (Å²) in [6, 6.07) is 12.0. The topological polar surface area (TPSA) is 22.4 Å². The van der Waals surface area contributed by atoms with E-state index in [0.717, 1.165) is 18.7 Å². The molecule has 2 aromatic rings. The van der Waals surface area contributed by atoms with Gasteiger partial charge in [0.2, 0.25) is 0 Å². The lowest BCUT2D eigenvalue weighted by Gasteiger charge is -2.15. The number of furan rings is 1. The molecule has 0 aliphatic rings. The third-order valence-electron chi connectivity index (χ3n) is 2.81. The fourth-order valence-corrected chi connectivity index (χ4v) is 2.02. The molecule has 0 radical (unpaired) electrons. The Morgan fingerprint density at radius 3 is 2.69 bits per heavy atom. The maximum Gasteiger partial charge on any atom is 0.122 e. The van der Waals surface area contributed by atoms with E-state index in [1.165, 1.54) is 5.56 Å². The van der Waals surface area contributed by atoms with Crippen molar-refractivity contribution in [3.8, 4) is 5.75 Å². The van der Waals surface area contributed by atoms with Crippen LogP contribution in [0.3, 0.4) is 0 Å². The molecule has 1 aromatic heterocycles. The molecule has 4 heteroatoms. The van der Waals surface area contributed by atoms with E-state index in [-0.39, 0.29) is 5.82 Å². The molecule has 0 saturated heterocycles. The number of hydrogen-bond donors (Lipinski definition) is 0. The van der Waals surface area contributed by atoms with Crippen molar-refractivity contribution in [2.24, 2.45) is 0 Å². The van der Waals surface area contributed by atoms with Crippen molar-refractivity contribution < 1.29 is 9.15 Å². The van der Waals surface area contributed by atoms with Crippen molar-refractivity contribution >= 4 is 14.9 Å². The minimum atomic E-state index is 0.270. The van der Waals surface area contributed by atoms with Gasteiger partial charge in [0.25, 0.3) is 0 Å². The van der Waals surface area contributed by atoms with Crippen LogP contribution in [0.25, 0.3) is 0 Å². The highest BCUT2D eigenvalue weighted by Gasteiger charge is 2.18. The molecular formula is C12H14B2O2. The third kappa shape index (κ3) is 2.01. The van der Waals surface area contributed by atoms with E-state index >= 15 is 0 Å². The van der Waals surface area contributed by atoms with E-state index in [1.54, 1.807) is 13.4 Å². The van der Waals surface area contributed by atoms with Crippen LogP contribution in [0.5, 0.6) is 5.75 Å². The van der Waals surface area contributed by atoms with E-state index in [9.17, 15) is 0 Å². The summed E-state index contributed by atoms with van der Waals surface area (Å²) < 4.78 is 10.9. The van der Waals surface area contributed by atoms with Crippen LogP contribution in [0, 0.1) is 0 Å². The molecule has 0 saturated carbocycles. The Kier molecular flexibility index (Phi) is 3.40. The summed E-state index contributed by atoms with van der Waals surface area (Å²) in [5.74, 6) is 2.18. The molecular weight excluding hydrogens is 198 g/mol. The van der Waals surface area contributed by atoms with Gasteiger partial charge in [0.15, 0.2) is 0 Å². The number of para-hydroxylation sites is 1. The monoisotopic (exact) mass is 212 g/mol. The lowest BCUT2D eigenvalue weighted by molar-refractivity contribution is 0.408. The fraction of sp³-hybridized carbons (Fsp3) is 0.167. The first-order valence-electron chi connectivity index (χ1n) is 5.53. The maximum absolute atomic E-state index is 5.48. The van der Waals surface area contributed by atoms with Crippen LogP contribution in [0.1, 0.15) is 17.1 Å². The smallest absolute Gasteiger partial charge is 0.122 e. The molecule has 0 aliphatic carbocycles. The van der Waals surface area contributed by atoms with Crippen molar-refractivity contribution in [2.45, 2.75) is 5.82 Å². The zero-order chi connectivity index (χ0) is 11.4. The molecule has 1 aromatic carbocycles. The summed E-state index contributed by atoms with van der Waals surface area (Å²) in [6.45, 7) is 0. The zero-order valence-corrected chi connectivity index (χ0v) is 9.64. The second kappa shape index (κ2) is 4.97. The number of rotatable bonds is 4.